The summed E-state index contributed by atoms with van der Waals surface area (Å²) in [6, 6.07) is 13.2. The van der Waals surface area contributed by atoms with E-state index in [-0.39, 0.29) is 31.5 Å². The average molecular weight is 452 g/mol. The van der Waals surface area contributed by atoms with E-state index in [4.69, 9.17) is 4.74 Å². The maximum absolute atomic E-state index is 13.2. The summed E-state index contributed by atoms with van der Waals surface area (Å²) in [5, 5.41) is 22.2. The highest BCUT2D eigenvalue weighted by Gasteiger charge is 2.42. The molecular formula is C25H29N3O5. The summed E-state index contributed by atoms with van der Waals surface area (Å²) in [5.41, 5.74) is -0.404. The molecular weight excluding hydrogens is 422 g/mol. The largest absolute Gasteiger partial charge is 0.444 e. The van der Waals surface area contributed by atoms with Gasteiger partial charge in [0.05, 0.1) is 11.2 Å². The molecule has 8 heteroatoms. The first-order valence-electron chi connectivity index (χ1n) is 11.0. The van der Waals surface area contributed by atoms with Crippen LogP contribution in [0.1, 0.15) is 45.3 Å². The van der Waals surface area contributed by atoms with Gasteiger partial charge in [0.25, 0.3) is 5.56 Å². The molecule has 8 nitrogen and oxygen atoms in total. The van der Waals surface area contributed by atoms with Gasteiger partial charge in [-0.25, -0.2) is 9.78 Å². The van der Waals surface area contributed by atoms with Crippen LogP contribution in [0, 0.1) is 0 Å². The molecule has 1 unspecified atom stereocenters. The lowest BCUT2D eigenvalue weighted by molar-refractivity contribution is -0.111. The summed E-state index contributed by atoms with van der Waals surface area (Å²) in [6.07, 6.45) is 1.27. The number of amides is 1. The van der Waals surface area contributed by atoms with Crippen LogP contribution in [-0.2, 0) is 4.74 Å². The summed E-state index contributed by atoms with van der Waals surface area (Å²) in [6.45, 7) is 5.79. The van der Waals surface area contributed by atoms with Crippen LogP contribution in [-0.4, -0.2) is 54.9 Å². The summed E-state index contributed by atoms with van der Waals surface area (Å²) < 4.78 is 6.77. The van der Waals surface area contributed by atoms with Gasteiger partial charge in [0.15, 0.2) is 0 Å². The zero-order valence-corrected chi connectivity index (χ0v) is 19.1. The highest BCUT2D eigenvalue weighted by atomic mass is 16.6. The molecule has 4 rings (SSSR count). The van der Waals surface area contributed by atoms with Gasteiger partial charge in [-0.05, 0) is 51.3 Å². The molecule has 0 radical (unpaired) electrons. The molecule has 1 aliphatic heterocycles. The van der Waals surface area contributed by atoms with Crippen molar-refractivity contribution in [2.45, 2.75) is 50.9 Å². The molecule has 1 fully saturated rings. The van der Waals surface area contributed by atoms with Crippen LogP contribution in [0.4, 0.5) is 4.79 Å². The maximum Gasteiger partial charge on any atom is 0.410 e. The minimum atomic E-state index is -1.55. The van der Waals surface area contributed by atoms with Gasteiger partial charge in [0, 0.05) is 31.0 Å². The molecule has 1 saturated heterocycles. The lowest BCUT2D eigenvalue weighted by atomic mass is 9.83. The number of aromatic nitrogens is 2. The number of pyridine rings is 1. The Labute approximate surface area is 192 Å². The monoisotopic (exact) mass is 451 g/mol. The number of nitrogens with zero attached hydrogens (tertiary/aromatic N) is 3. The van der Waals surface area contributed by atoms with E-state index in [1.807, 2.05) is 36.4 Å². The lowest BCUT2D eigenvalue weighted by Gasteiger charge is -2.40. The Morgan fingerprint density at radius 2 is 1.79 bits per heavy atom. The predicted octanol–water partition coefficient (Wildman–Crippen LogP) is 3.16. The molecule has 1 amide bonds. The van der Waals surface area contributed by atoms with Gasteiger partial charge in [-0.15, -0.1) is 0 Å². The van der Waals surface area contributed by atoms with Gasteiger partial charge in [-0.3, -0.25) is 9.20 Å². The van der Waals surface area contributed by atoms with Crippen LogP contribution in [0.3, 0.4) is 0 Å². The van der Waals surface area contributed by atoms with Gasteiger partial charge in [-0.1, -0.05) is 30.3 Å². The van der Waals surface area contributed by atoms with Gasteiger partial charge >= 0.3 is 6.09 Å². The molecule has 1 aromatic carbocycles. The van der Waals surface area contributed by atoms with Crippen LogP contribution in [0.15, 0.2) is 59.7 Å². The molecule has 1 aliphatic rings. The van der Waals surface area contributed by atoms with Crippen LogP contribution in [0.5, 0.6) is 0 Å². The second-order valence-corrected chi connectivity index (χ2v) is 9.47. The quantitative estimate of drug-likeness (QED) is 0.634. The van der Waals surface area contributed by atoms with Crippen molar-refractivity contribution >= 4 is 11.7 Å². The number of aliphatic hydroxyl groups excluding tert-OH is 1. The van der Waals surface area contributed by atoms with E-state index in [0.717, 1.165) is 11.1 Å². The molecule has 33 heavy (non-hydrogen) atoms. The lowest BCUT2D eigenvalue weighted by Crippen LogP contribution is -2.51. The van der Waals surface area contributed by atoms with Gasteiger partial charge in [0.1, 0.15) is 17.4 Å². The van der Waals surface area contributed by atoms with Crippen molar-refractivity contribution in [3.8, 4) is 11.1 Å². The molecule has 0 saturated carbocycles. The van der Waals surface area contributed by atoms with E-state index in [1.165, 1.54) is 15.5 Å². The first kappa shape index (κ1) is 22.9. The van der Waals surface area contributed by atoms with E-state index in [2.05, 4.69) is 4.98 Å². The summed E-state index contributed by atoms with van der Waals surface area (Å²) in [7, 11) is 0. The topological polar surface area (TPSA) is 104 Å². The van der Waals surface area contributed by atoms with Crippen molar-refractivity contribution in [3.63, 3.8) is 0 Å². The van der Waals surface area contributed by atoms with Crippen molar-refractivity contribution in [3.05, 3.63) is 70.8 Å². The van der Waals surface area contributed by atoms with Crippen molar-refractivity contribution in [1.82, 2.24) is 14.3 Å². The second kappa shape index (κ2) is 8.61. The summed E-state index contributed by atoms with van der Waals surface area (Å²) >= 11 is 0. The fraction of sp³-hybridized carbons (Fsp3) is 0.400. The van der Waals surface area contributed by atoms with Gasteiger partial charge < -0.3 is 19.8 Å². The molecule has 3 heterocycles. The fourth-order valence-electron chi connectivity index (χ4n) is 4.12. The third kappa shape index (κ3) is 4.62. The number of piperidine rings is 1. The number of ether oxygens (including phenoxy) is 1. The number of carbonyl (C=O) groups excluding carboxylic acids is 1. The molecule has 2 aromatic heterocycles. The Balaban J connectivity index is 1.59. The van der Waals surface area contributed by atoms with E-state index in [9.17, 15) is 19.8 Å². The highest BCUT2D eigenvalue weighted by Crippen LogP contribution is 2.34. The van der Waals surface area contributed by atoms with Gasteiger partial charge in [-0.2, -0.15) is 0 Å². The molecule has 3 aromatic rings. The zero-order chi connectivity index (χ0) is 23.8. The normalized spacial score (nSPS) is 17.1. The first-order chi connectivity index (χ1) is 15.6. The van der Waals surface area contributed by atoms with Crippen LogP contribution >= 0.6 is 0 Å². The number of hydrogen-bond acceptors (Lipinski definition) is 6. The van der Waals surface area contributed by atoms with E-state index in [0.29, 0.717) is 5.65 Å². The first-order valence-corrected chi connectivity index (χ1v) is 11.0. The Bertz CT molecular complexity index is 1210. The van der Waals surface area contributed by atoms with E-state index in [1.54, 1.807) is 33.0 Å². The van der Waals surface area contributed by atoms with Crippen LogP contribution in [0.25, 0.3) is 16.8 Å². The standard InChI is InChI=1S/C25H29N3O5/c1-24(2,3)33-23(31)27-14-11-25(32,12-15-27)20(29)19-16-26-21-18(17-8-5-4-6-9-17)10-7-13-28(21)22(19)30/h4-10,13,16,20,29,32H,11-12,14-15H2,1-3H3. The number of likely N-dealkylation sites (tertiary alicyclic amines) is 1. The second-order valence-electron chi connectivity index (χ2n) is 9.47. The van der Waals surface area contributed by atoms with E-state index >= 15 is 0 Å². The molecule has 2 N–H and O–H groups in total. The van der Waals surface area contributed by atoms with Crippen LogP contribution in [0.2, 0.25) is 0 Å². The SMILES string of the molecule is CC(C)(C)OC(=O)N1CCC(O)(C(O)c2cnc3c(-c4ccccc4)cccn3c2=O)CC1. The fourth-order valence-corrected chi connectivity index (χ4v) is 4.12. The van der Waals surface area contributed by atoms with E-state index < -0.39 is 29.0 Å². The van der Waals surface area contributed by atoms with Crippen molar-refractivity contribution in [2.24, 2.45) is 0 Å². The number of benzene rings is 1. The third-order valence-electron chi connectivity index (χ3n) is 5.93. The van der Waals surface area contributed by atoms with Crippen molar-refractivity contribution < 1.29 is 19.7 Å². The van der Waals surface area contributed by atoms with Crippen LogP contribution < -0.4 is 5.56 Å². The minimum absolute atomic E-state index is 0.0194. The number of rotatable bonds is 3. The minimum Gasteiger partial charge on any atom is -0.444 e. The van der Waals surface area contributed by atoms with Crippen molar-refractivity contribution in [1.29, 1.82) is 0 Å². The predicted molar refractivity (Wildman–Crippen MR) is 124 cm³/mol. The maximum atomic E-state index is 13.2. The number of carbonyl (C=O) groups is 1. The highest BCUT2D eigenvalue weighted by molar-refractivity contribution is 5.77. The number of aliphatic hydroxyl groups is 2. The molecule has 1 atom stereocenters. The molecule has 174 valence electrons. The van der Waals surface area contributed by atoms with Crippen molar-refractivity contribution in [2.75, 3.05) is 13.1 Å². The Morgan fingerprint density at radius 3 is 2.42 bits per heavy atom. The molecule has 0 spiro atoms. The Morgan fingerprint density at radius 1 is 1.12 bits per heavy atom. The molecule has 0 bridgehead atoms. The molecule has 0 aliphatic carbocycles. The summed E-state index contributed by atoms with van der Waals surface area (Å²) in [4.78, 5) is 31.5. The Hall–Kier alpha value is -3.23. The average Bonchev–Trinajstić information content (AvgIpc) is 2.78. The number of hydrogen-bond donors (Lipinski definition) is 2. The Kier molecular flexibility index (Phi) is 5.99. The summed E-state index contributed by atoms with van der Waals surface area (Å²) in [5.74, 6) is 0. The number of fused-ring (bicyclic) bond motifs is 1. The zero-order valence-electron chi connectivity index (χ0n) is 19.1. The third-order valence-corrected chi connectivity index (χ3v) is 5.93. The van der Waals surface area contributed by atoms with Gasteiger partial charge in [0.2, 0.25) is 0 Å². The smallest absolute Gasteiger partial charge is 0.410 e.